The molecule has 0 saturated carbocycles. The lowest BCUT2D eigenvalue weighted by atomic mass is 10.1. The van der Waals surface area contributed by atoms with Crippen LogP contribution in [0.25, 0.3) is 5.69 Å². The van der Waals surface area contributed by atoms with Crippen LogP contribution < -0.4 is 10.2 Å². The van der Waals surface area contributed by atoms with Crippen LogP contribution >= 0.6 is 11.6 Å². The van der Waals surface area contributed by atoms with Gasteiger partial charge in [-0.3, -0.25) is 4.79 Å². The highest BCUT2D eigenvalue weighted by Crippen LogP contribution is 2.28. The molecule has 0 fully saturated rings. The largest absolute Gasteiger partial charge is 0.308 e. The van der Waals surface area contributed by atoms with Crippen molar-refractivity contribution in [3.05, 3.63) is 64.9 Å². The number of benzene rings is 2. The minimum absolute atomic E-state index is 0.124. The van der Waals surface area contributed by atoms with Crippen LogP contribution in [0.15, 0.2) is 48.8 Å². The number of amides is 1. The number of rotatable bonds is 2. The first-order valence-electron chi connectivity index (χ1n) is 8.29. The summed E-state index contributed by atoms with van der Waals surface area (Å²) in [6, 6.07) is 13.3. The van der Waals surface area contributed by atoms with Crippen LogP contribution in [0.4, 0.5) is 5.69 Å². The lowest BCUT2D eigenvalue weighted by Gasteiger charge is -2.25. The van der Waals surface area contributed by atoms with Crippen LogP contribution in [0.3, 0.4) is 0 Å². The molecule has 1 aliphatic heterocycles. The summed E-state index contributed by atoms with van der Waals surface area (Å²) in [6.07, 6.45) is 1.48. The van der Waals surface area contributed by atoms with Gasteiger partial charge in [-0.25, -0.2) is 4.68 Å². The van der Waals surface area contributed by atoms with Crippen molar-refractivity contribution in [2.24, 2.45) is 0 Å². The Hall–Kier alpha value is -2.77. The first-order chi connectivity index (χ1) is 12.6. The molecule has 0 unspecified atom stereocenters. The van der Waals surface area contributed by atoms with E-state index in [9.17, 15) is 4.79 Å². The SMILES string of the molecule is C[C@@H]1CN(C(=O)c2ccc(-n3cnnn3)cc2Cl)c2ccccc2CN1. The predicted molar refractivity (Wildman–Crippen MR) is 98.6 cm³/mol. The van der Waals surface area contributed by atoms with E-state index in [2.05, 4.69) is 27.8 Å². The Morgan fingerprint density at radius 3 is 2.88 bits per heavy atom. The zero-order valence-electron chi connectivity index (χ0n) is 14.1. The van der Waals surface area contributed by atoms with Gasteiger partial charge in [0.15, 0.2) is 0 Å². The fourth-order valence-electron chi connectivity index (χ4n) is 3.08. The molecule has 132 valence electrons. The molecule has 0 spiro atoms. The summed E-state index contributed by atoms with van der Waals surface area (Å²) in [4.78, 5) is 15.0. The number of halogens is 1. The Balaban J connectivity index is 1.71. The first-order valence-corrected chi connectivity index (χ1v) is 8.67. The van der Waals surface area contributed by atoms with E-state index in [-0.39, 0.29) is 11.9 Å². The maximum atomic E-state index is 13.2. The Morgan fingerprint density at radius 2 is 2.12 bits per heavy atom. The van der Waals surface area contributed by atoms with Crippen LogP contribution in [-0.4, -0.2) is 38.7 Å². The van der Waals surface area contributed by atoms with Crippen molar-refractivity contribution in [1.82, 2.24) is 25.5 Å². The number of carbonyl (C=O) groups excluding carboxylic acids is 1. The van der Waals surface area contributed by atoms with Gasteiger partial charge < -0.3 is 10.2 Å². The van der Waals surface area contributed by atoms with Gasteiger partial charge in [0.05, 0.1) is 16.3 Å². The van der Waals surface area contributed by atoms with E-state index < -0.39 is 0 Å². The number of tetrazole rings is 1. The zero-order chi connectivity index (χ0) is 18.1. The minimum Gasteiger partial charge on any atom is -0.308 e. The third-order valence-corrected chi connectivity index (χ3v) is 4.73. The summed E-state index contributed by atoms with van der Waals surface area (Å²) < 4.78 is 1.49. The number of nitrogens with zero attached hydrogens (tertiary/aromatic N) is 5. The van der Waals surface area contributed by atoms with E-state index in [1.165, 1.54) is 11.0 Å². The topological polar surface area (TPSA) is 75.9 Å². The quantitative estimate of drug-likeness (QED) is 0.752. The number of nitrogens with one attached hydrogen (secondary N) is 1. The second-order valence-corrected chi connectivity index (χ2v) is 6.65. The molecule has 2 heterocycles. The minimum atomic E-state index is -0.124. The summed E-state index contributed by atoms with van der Waals surface area (Å²) >= 11 is 6.42. The van der Waals surface area contributed by atoms with Gasteiger partial charge in [0.25, 0.3) is 5.91 Å². The summed E-state index contributed by atoms with van der Waals surface area (Å²) in [5.74, 6) is -0.124. The molecule has 0 bridgehead atoms. The maximum absolute atomic E-state index is 13.2. The third-order valence-electron chi connectivity index (χ3n) is 4.42. The number of para-hydroxylation sites is 1. The summed E-state index contributed by atoms with van der Waals surface area (Å²) in [7, 11) is 0. The van der Waals surface area contributed by atoms with Gasteiger partial charge in [0.2, 0.25) is 0 Å². The highest BCUT2D eigenvalue weighted by atomic mass is 35.5. The van der Waals surface area contributed by atoms with Crippen LogP contribution in [0.2, 0.25) is 5.02 Å². The molecule has 26 heavy (non-hydrogen) atoms. The molecule has 1 atom stereocenters. The Bertz CT molecular complexity index is 943. The molecule has 1 aromatic heterocycles. The Kier molecular flexibility index (Phi) is 4.40. The van der Waals surface area contributed by atoms with Crippen molar-refractivity contribution < 1.29 is 4.79 Å². The van der Waals surface area contributed by atoms with Gasteiger partial charge >= 0.3 is 0 Å². The molecule has 2 aromatic carbocycles. The third kappa shape index (κ3) is 3.07. The second-order valence-electron chi connectivity index (χ2n) is 6.24. The lowest BCUT2D eigenvalue weighted by molar-refractivity contribution is 0.0985. The lowest BCUT2D eigenvalue weighted by Crippen LogP contribution is -2.39. The molecule has 1 amide bonds. The predicted octanol–water partition coefficient (Wildman–Crippen LogP) is 2.45. The first kappa shape index (κ1) is 16.7. The van der Waals surface area contributed by atoms with Crippen molar-refractivity contribution in [3.63, 3.8) is 0 Å². The van der Waals surface area contributed by atoms with Crippen molar-refractivity contribution in [2.45, 2.75) is 19.5 Å². The number of fused-ring (bicyclic) bond motifs is 1. The average Bonchev–Trinajstić information content (AvgIpc) is 3.13. The molecule has 8 heteroatoms. The molecule has 1 N–H and O–H groups in total. The van der Waals surface area contributed by atoms with E-state index in [1.54, 1.807) is 23.1 Å². The van der Waals surface area contributed by atoms with Crippen LogP contribution in [-0.2, 0) is 6.54 Å². The summed E-state index contributed by atoms with van der Waals surface area (Å²) in [5, 5.41) is 14.9. The molecule has 3 aromatic rings. The van der Waals surface area contributed by atoms with Gasteiger partial charge in [0, 0.05) is 24.8 Å². The number of carbonyl (C=O) groups is 1. The number of aromatic nitrogens is 4. The fourth-order valence-corrected chi connectivity index (χ4v) is 3.34. The van der Waals surface area contributed by atoms with E-state index in [0.717, 1.165) is 17.8 Å². The highest BCUT2D eigenvalue weighted by Gasteiger charge is 2.26. The average molecular weight is 369 g/mol. The number of anilines is 1. The Morgan fingerprint density at radius 1 is 1.27 bits per heavy atom. The number of hydrogen-bond acceptors (Lipinski definition) is 5. The van der Waals surface area contributed by atoms with Gasteiger partial charge in [-0.1, -0.05) is 29.8 Å². The standard InChI is InChI=1S/C18H17ClN6O/c1-12-10-24(17-5-3-2-4-13(17)9-20-12)18(26)15-7-6-14(8-16(15)19)25-11-21-22-23-25/h2-8,11-12,20H,9-10H2,1H3/t12-/m1/s1. The zero-order valence-corrected chi connectivity index (χ0v) is 14.9. The van der Waals surface area contributed by atoms with E-state index >= 15 is 0 Å². The molecular formula is C18H17ClN6O. The molecule has 0 aliphatic carbocycles. The van der Waals surface area contributed by atoms with Gasteiger partial charge in [-0.05, 0) is 47.2 Å². The van der Waals surface area contributed by atoms with Crippen molar-refractivity contribution >= 4 is 23.2 Å². The summed E-state index contributed by atoms with van der Waals surface area (Å²) in [6.45, 7) is 3.36. The van der Waals surface area contributed by atoms with Gasteiger partial charge in [0.1, 0.15) is 6.33 Å². The molecular weight excluding hydrogens is 352 g/mol. The normalized spacial score (nSPS) is 16.8. The van der Waals surface area contributed by atoms with Crippen molar-refractivity contribution in [2.75, 3.05) is 11.4 Å². The fraction of sp³-hybridized carbons (Fsp3) is 0.222. The molecule has 1 aliphatic rings. The monoisotopic (exact) mass is 368 g/mol. The van der Waals surface area contributed by atoms with E-state index in [1.807, 2.05) is 24.3 Å². The smallest absolute Gasteiger partial charge is 0.259 e. The van der Waals surface area contributed by atoms with Crippen LogP contribution in [0.1, 0.15) is 22.8 Å². The molecule has 7 nitrogen and oxygen atoms in total. The van der Waals surface area contributed by atoms with Crippen molar-refractivity contribution in [3.8, 4) is 5.69 Å². The van der Waals surface area contributed by atoms with Crippen LogP contribution in [0, 0.1) is 0 Å². The second kappa shape index (κ2) is 6.86. The van der Waals surface area contributed by atoms with Crippen molar-refractivity contribution in [1.29, 1.82) is 0 Å². The number of hydrogen-bond donors (Lipinski definition) is 1. The molecule has 0 saturated heterocycles. The Labute approximate surface area is 155 Å². The molecule has 4 rings (SSSR count). The van der Waals surface area contributed by atoms with E-state index in [0.29, 0.717) is 22.8 Å². The van der Waals surface area contributed by atoms with Gasteiger partial charge in [-0.15, -0.1) is 5.10 Å². The van der Waals surface area contributed by atoms with Crippen LogP contribution in [0.5, 0.6) is 0 Å². The molecule has 0 radical (unpaired) electrons. The maximum Gasteiger partial charge on any atom is 0.259 e. The van der Waals surface area contributed by atoms with E-state index in [4.69, 9.17) is 11.6 Å². The van der Waals surface area contributed by atoms with Gasteiger partial charge in [-0.2, -0.15) is 0 Å². The highest BCUT2D eigenvalue weighted by molar-refractivity contribution is 6.34. The summed E-state index contributed by atoms with van der Waals surface area (Å²) in [5.41, 5.74) is 3.15.